The summed E-state index contributed by atoms with van der Waals surface area (Å²) >= 11 is 3.58. The molecule has 4 aliphatic rings. The number of carbonyl (C=O) groups is 4. The minimum atomic E-state index is -1.45. The number of benzene rings is 4. The Labute approximate surface area is 298 Å². The molecule has 8 rings (SSSR count). The summed E-state index contributed by atoms with van der Waals surface area (Å²) in [4.78, 5) is 59.8. The van der Waals surface area contributed by atoms with Gasteiger partial charge in [-0.25, -0.2) is 0 Å². The fraction of sp³-hybridized carbons (Fsp3) is 0.268. The summed E-state index contributed by atoms with van der Waals surface area (Å²) in [5, 5.41) is 12.7. The summed E-state index contributed by atoms with van der Waals surface area (Å²) < 4.78 is 0.696. The highest BCUT2D eigenvalue weighted by Crippen LogP contribution is 2.65. The van der Waals surface area contributed by atoms with Crippen LogP contribution in [0.15, 0.2) is 113 Å². The number of hydrogen-bond acceptors (Lipinski definition) is 6. The molecule has 2 heterocycles. The average molecular weight is 731 g/mol. The van der Waals surface area contributed by atoms with Gasteiger partial charge in [0.1, 0.15) is 5.75 Å². The van der Waals surface area contributed by atoms with Crippen LogP contribution in [0.4, 0.5) is 11.4 Å². The molecule has 2 aliphatic heterocycles. The second kappa shape index (κ2) is 12.1. The molecule has 9 heteroatoms. The minimum Gasteiger partial charge on any atom is -0.508 e. The fourth-order valence-corrected chi connectivity index (χ4v) is 9.36. The molecule has 1 saturated carbocycles. The van der Waals surface area contributed by atoms with Crippen molar-refractivity contribution in [3.05, 3.63) is 135 Å². The molecule has 4 amide bonds. The number of halogens is 1. The van der Waals surface area contributed by atoms with Crippen LogP contribution < -0.4 is 10.3 Å². The summed E-state index contributed by atoms with van der Waals surface area (Å²) in [6.45, 7) is 4.01. The maximum atomic E-state index is 15.2. The predicted molar refractivity (Wildman–Crippen MR) is 193 cm³/mol. The smallest absolute Gasteiger partial charge is 0.260 e. The molecule has 8 nitrogen and oxygen atoms in total. The topological polar surface area (TPSA) is 107 Å². The zero-order valence-electron chi connectivity index (χ0n) is 27.7. The van der Waals surface area contributed by atoms with Crippen molar-refractivity contribution in [2.45, 2.75) is 44.4 Å². The maximum absolute atomic E-state index is 15.2. The SMILES string of the molecule is CCc1ccc(N2C(=O)C3CC=C4C(CC5C(=O)N(Nc6ccc(C)cc6)C(=O)C5(c5ccccc5)C4c4cc(Br)ccc4O)C3C2=O)cc1. The fourth-order valence-electron chi connectivity index (χ4n) is 8.98. The van der Waals surface area contributed by atoms with Gasteiger partial charge in [-0.15, -0.1) is 0 Å². The van der Waals surface area contributed by atoms with Gasteiger partial charge < -0.3 is 5.11 Å². The molecule has 252 valence electrons. The van der Waals surface area contributed by atoms with Crippen molar-refractivity contribution in [1.82, 2.24) is 5.01 Å². The van der Waals surface area contributed by atoms with Crippen molar-refractivity contribution in [3.8, 4) is 5.75 Å². The number of imide groups is 2. The zero-order chi connectivity index (χ0) is 34.9. The van der Waals surface area contributed by atoms with Crippen molar-refractivity contribution in [3.63, 3.8) is 0 Å². The van der Waals surface area contributed by atoms with Crippen LogP contribution in [-0.2, 0) is 31.0 Å². The molecular formula is C41H36BrN3O5. The number of anilines is 2. The van der Waals surface area contributed by atoms with Crippen molar-refractivity contribution in [1.29, 1.82) is 0 Å². The number of aryl methyl sites for hydroxylation is 2. The van der Waals surface area contributed by atoms with Crippen molar-refractivity contribution < 1.29 is 24.3 Å². The van der Waals surface area contributed by atoms with Crippen LogP contribution in [0, 0.1) is 30.6 Å². The molecule has 0 radical (unpaired) electrons. The second-order valence-corrected chi connectivity index (χ2v) is 14.7. The lowest BCUT2D eigenvalue weighted by Crippen LogP contribution is -2.53. The van der Waals surface area contributed by atoms with Crippen molar-refractivity contribution >= 4 is 50.9 Å². The molecule has 4 aromatic carbocycles. The summed E-state index contributed by atoms with van der Waals surface area (Å²) in [6.07, 6.45) is 3.32. The number of nitrogens with one attached hydrogen (secondary N) is 1. The normalized spacial score (nSPS) is 27.2. The van der Waals surface area contributed by atoms with E-state index in [0.717, 1.165) is 28.1 Å². The number of hydrogen-bond donors (Lipinski definition) is 2. The summed E-state index contributed by atoms with van der Waals surface area (Å²) in [5.41, 5.74) is 6.82. The number of amides is 4. The van der Waals surface area contributed by atoms with Crippen LogP contribution in [0.5, 0.6) is 5.75 Å². The molecular weight excluding hydrogens is 694 g/mol. The van der Waals surface area contributed by atoms with Crippen LogP contribution in [0.3, 0.4) is 0 Å². The first kappa shape index (κ1) is 32.2. The van der Waals surface area contributed by atoms with Gasteiger partial charge in [0, 0.05) is 16.0 Å². The molecule has 2 saturated heterocycles. The highest BCUT2D eigenvalue weighted by atomic mass is 79.9. The van der Waals surface area contributed by atoms with E-state index in [4.69, 9.17) is 0 Å². The first-order valence-corrected chi connectivity index (χ1v) is 17.9. The van der Waals surface area contributed by atoms with E-state index in [9.17, 15) is 19.5 Å². The largest absolute Gasteiger partial charge is 0.508 e. The molecule has 50 heavy (non-hydrogen) atoms. The van der Waals surface area contributed by atoms with E-state index in [1.165, 1.54) is 4.90 Å². The monoisotopic (exact) mass is 729 g/mol. The molecule has 6 atom stereocenters. The lowest BCUT2D eigenvalue weighted by atomic mass is 9.49. The van der Waals surface area contributed by atoms with Gasteiger partial charge in [0.05, 0.1) is 34.5 Å². The summed E-state index contributed by atoms with van der Waals surface area (Å²) in [6, 6.07) is 29.4. The van der Waals surface area contributed by atoms with Gasteiger partial charge in [0.2, 0.25) is 11.8 Å². The summed E-state index contributed by atoms with van der Waals surface area (Å²) in [5.74, 6) is -4.97. The van der Waals surface area contributed by atoms with E-state index in [1.807, 2.05) is 98.8 Å². The second-order valence-electron chi connectivity index (χ2n) is 13.8. The Morgan fingerprint density at radius 2 is 1.58 bits per heavy atom. The third-order valence-electron chi connectivity index (χ3n) is 11.3. The Morgan fingerprint density at radius 1 is 0.860 bits per heavy atom. The quantitative estimate of drug-likeness (QED) is 0.160. The third-order valence-corrected chi connectivity index (χ3v) is 11.8. The highest BCUT2D eigenvalue weighted by Gasteiger charge is 2.70. The van der Waals surface area contributed by atoms with Crippen LogP contribution in [-0.4, -0.2) is 33.7 Å². The van der Waals surface area contributed by atoms with Crippen LogP contribution in [0.2, 0.25) is 0 Å². The number of allylic oxidation sites excluding steroid dienone is 2. The molecule has 2 N–H and O–H groups in total. The van der Waals surface area contributed by atoms with E-state index < -0.39 is 46.8 Å². The van der Waals surface area contributed by atoms with E-state index in [2.05, 4.69) is 21.4 Å². The van der Waals surface area contributed by atoms with Gasteiger partial charge in [-0.2, -0.15) is 5.01 Å². The van der Waals surface area contributed by atoms with E-state index in [1.54, 1.807) is 18.2 Å². The molecule has 0 aromatic heterocycles. The van der Waals surface area contributed by atoms with Gasteiger partial charge >= 0.3 is 0 Å². The Bertz CT molecular complexity index is 2080. The molecule has 0 bridgehead atoms. The van der Waals surface area contributed by atoms with Gasteiger partial charge in [-0.3, -0.25) is 29.5 Å². The van der Waals surface area contributed by atoms with E-state index in [0.29, 0.717) is 33.4 Å². The van der Waals surface area contributed by atoms with Crippen LogP contribution in [0.25, 0.3) is 0 Å². The Balaban J connectivity index is 1.31. The van der Waals surface area contributed by atoms with Crippen LogP contribution >= 0.6 is 15.9 Å². The molecule has 0 spiro atoms. The minimum absolute atomic E-state index is 0.0208. The van der Waals surface area contributed by atoms with Crippen LogP contribution in [0.1, 0.15) is 47.9 Å². The maximum Gasteiger partial charge on any atom is 0.260 e. The lowest BCUT2D eigenvalue weighted by Gasteiger charge is -2.50. The number of rotatable bonds is 6. The molecule has 4 aromatic rings. The van der Waals surface area contributed by atoms with E-state index in [-0.39, 0.29) is 24.0 Å². The number of hydrazine groups is 1. The number of aromatic hydroxyl groups is 1. The molecule has 2 aliphatic carbocycles. The first-order valence-electron chi connectivity index (χ1n) is 17.1. The molecule has 6 unspecified atom stereocenters. The number of phenols is 1. The predicted octanol–water partition coefficient (Wildman–Crippen LogP) is 7.22. The van der Waals surface area contributed by atoms with Crippen molar-refractivity contribution in [2.75, 3.05) is 10.3 Å². The summed E-state index contributed by atoms with van der Waals surface area (Å²) in [7, 11) is 0. The first-order chi connectivity index (χ1) is 24.1. The Hall–Kier alpha value is -5.02. The number of carbonyl (C=O) groups excluding carboxylic acids is 4. The van der Waals surface area contributed by atoms with Gasteiger partial charge in [0.15, 0.2) is 0 Å². The van der Waals surface area contributed by atoms with Gasteiger partial charge in [0.25, 0.3) is 11.8 Å². The standard InChI is InChI=1S/C41H36BrN3O5/c1-3-24-11-16-28(17-12-24)44-37(47)30-19-18-29-31(35(30)39(44)49)22-33-38(48)45(43-27-14-9-23(2)10-15-27)40(50)41(33,25-7-5-4-6-8-25)36(29)32-21-26(42)13-20-34(32)46/h4-18,20-21,30-31,33,35-36,43,46H,3,19,22H2,1-2H3. The molecule has 3 fully saturated rings. The number of phenolic OH excluding ortho intramolecular Hbond substituents is 1. The van der Waals surface area contributed by atoms with E-state index >= 15 is 4.79 Å². The van der Waals surface area contributed by atoms with Gasteiger partial charge in [-0.05, 0) is 85.7 Å². The lowest BCUT2D eigenvalue weighted by molar-refractivity contribution is -0.138. The zero-order valence-corrected chi connectivity index (χ0v) is 29.3. The van der Waals surface area contributed by atoms with Gasteiger partial charge in [-0.1, -0.05) is 94.7 Å². The highest BCUT2D eigenvalue weighted by molar-refractivity contribution is 9.10. The Morgan fingerprint density at radius 3 is 2.28 bits per heavy atom. The number of fused-ring (bicyclic) bond motifs is 4. The Kier molecular flexibility index (Phi) is 7.79. The van der Waals surface area contributed by atoms with Crippen molar-refractivity contribution in [2.24, 2.45) is 23.7 Å². The third kappa shape index (κ3) is 4.70. The number of nitrogens with zero attached hydrogens (tertiary/aromatic N) is 2. The average Bonchev–Trinajstić information content (AvgIpc) is 3.51.